The number of benzene rings is 2. The summed E-state index contributed by atoms with van der Waals surface area (Å²) in [6, 6.07) is 11.5. The SMILES string of the molecule is CN(Cc1ccccc1)c1cc(Cl)c([N+]#N)cc1OC(F)(F)C(F)Cl. The summed E-state index contributed by atoms with van der Waals surface area (Å²) in [5, 5.41) is 8.91. The number of halogens is 5. The summed E-state index contributed by atoms with van der Waals surface area (Å²) in [6.45, 7) is 0.342. The van der Waals surface area contributed by atoms with Crippen molar-refractivity contribution >= 4 is 34.6 Å². The second kappa shape index (κ2) is 7.81. The van der Waals surface area contributed by atoms with Crippen LogP contribution in [-0.2, 0) is 6.54 Å². The van der Waals surface area contributed by atoms with Gasteiger partial charge in [0.05, 0.1) is 11.8 Å². The number of ether oxygens (including phenoxy) is 1. The van der Waals surface area contributed by atoms with Crippen LogP contribution in [0.3, 0.4) is 0 Å². The zero-order chi connectivity index (χ0) is 18.6. The first-order chi connectivity index (χ1) is 11.7. The van der Waals surface area contributed by atoms with Crippen molar-refractivity contribution in [2.24, 2.45) is 0 Å². The van der Waals surface area contributed by atoms with Crippen LogP contribution in [0, 0.1) is 5.39 Å². The van der Waals surface area contributed by atoms with E-state index in [1.54, 1.807) is 11.9 Å². The Labute approximate surface area is 152 Å². The molecule has 4 nitrogen and oxygen atoms in total. The van der Waals surface area contributed by atoms with Crippen LogP contribution >= 0.6 is 23.2 Å². The highest BCUT2D eigenvalue weighted by Crippen LogP contribution is 2.41. The highest BCUT2D eigenvalue weighted by atomic mass is 35.5. The van der Waals surface area contributed by atoms with Crippen molar-refractivity contribution in [1.29, 1.82) is 5.39 Å². The molecular weight excluding hydrogens is 378 g/mol. The molecule has 2 aromatic rings. The monoisotopic (exact) mass is 390 g/mol. The molecule has 0 amide bonds. The van der Waals surface area contributed by atoms with Gasteiger partial charge in [0.15, 0.2) is 10.7 Å². The van der Waals surface area contributed by atoms with Crippen LogP contribution in [-0.4, -0.2) is 18.8 Å². The van der Waals surface area contributed by atoms with Crippen molar-refractivity contribution in [3.8, 4) is 5.75 Å². The van der Waals surface area contributed by atoms with Crippen LogP contribution in [0.1, 0.15) is 5.56 Å². The van der Waals surface area contributed by atoms with Crippen molar-refractivity contribution in [1.82, 2.24) is 0 Å². The average molecular weight is 391 g/mol. The molecule has 25 heavy (non-hydrogen) atoms. The number of anilines is 1. The van der Waals surface area contributed by atoms with E-state index in [1.165, 1.54) is 6.07 Å². The summed E-state index contributed by atoms with van der Waals surface area (Å²) in [7, 11) is 1.62. The molecular formula is C16H13Cl2F3N3O+. The maximum Gasteiger partial charge on any atom is 0.444 e. The molecule has 1 unspecified atom stereocenters. The van der Waals surface area contributed by atoms with Gasteiger partial charge in [0, 0.05) is 13.6 Å². The van der Waals surface area contributed by atoms with Crippen LogP contribution in [0.15, 0.2) is 42.5 Å². The zero-order valence-corrected chi connectivity index (χ0v) is 14.5. The third-order valence-electron chi connectivity index (χ3n) is 3.31. The topological polar surface area (TPSA) is 40.6 Å². The fourth-order valence-corrected chi connectivity index (χ4v) is 2.36. The highest BCUT2D eigenvalue weighted by Gasteiger charge is 2.43. The Morgan fingerprint density at radius 1 is 1.28 bits per heavy atom. The minimum atomic E-state index is -4.27. The normalized spacial score (nSPS) is 12.4. The Kier molecular flexibility index (Phi) is 5.98. The average Bonchev–Trinajstić information content (AvgIpc) is 2.56. The molecule has 2 aromatic carbocycles. The van der Waals surface area contributed by atoms with Gasteiger partial charge in [0.1, 0.15) is 5.02 Å². The first-order valence-corrected chi connectivity index (χ1v) is 7.84. The fraction of sp³-hybridized carbons (Fsp3) is 0.250. The Morgan fingerprint density at radius 2 is 1.92 bits per heavy atom. The van der Waals surface area contributed by atoms with Crippen molar-refractivity contribution in [3.63, 3.8) is 0 Å². The van der Waals surface area contributed by atoms with E-state index >= 15 is 0 Å². The summed E-state index contributed by atoms with van der Waals surface area (Å²) in [5.74, 6) is -0.427. The van der Waals surface area contributed by atoms with Gasteiger partial charge >= 0.3 is 11.8 Å². The molecule has 0 saturated heterocycles. The molecule has 0 aliphatic heterocycles. The van der Waals surface area contributed by atoms with Crippen molar-refractivity contribution < 1.29 is 17.9 Å². The van der Waals surface area contributed by atoms with Crippen LogP contribution in [0.2, 0.25) is 5.02 Å². The van der Waals surface area contributed by atoms with Gasteiger partial charge in [-0.1, -0.05) is 53.5 Å². The van der Waals surface area contributed by atoms with Gasteiger partial charge < -0.3 is 9.64 Å². The van der Waals surface area contributed by atoms with Crippen molar-refractivity contribution in [2.75, 3.05) is 11.9 Å². The first-order valence-electron chi connectivity index (χ1n) is 7.03. The molecule has 0 aliphatic carbocycles. The molecule has 132 valence electrons. The maximum absolute atomic E-state index is 13.6. The molecule has 0 saturated carbocycles. The van der Waals surface area contributed by atoms with Gasteiger partial charge in [-0.3, -0.25) is 0 Å². The van der Waals surface area contributed by atoms with Crippen LogP contribution in [0.4, 0.5) is 24.5 Å². The Hall–Kier alpha value is -2.17. The van der Waals surface area contributed by atoms with E-state index < -0.39 is 17.5 Å². The van der Waals surface area contributed by atoms with Gasteiger partial charge in [-0.2, -0.15) is 8.78 Å². The molecule has 9 heteroatoms. The number of hydrogen-bond acceptors (Lipinski definition) is 3. The lowest BCUT2D eigenvalue weighted by molar-refractivity contribution is -0.198. The molecule has 0 fully saturated rings. The predicted octanol–water partition coefficient (Wildman–Crippen LogP) is 5.97. The fourth-order valence-electron chi connectivity index (χ4n) is 2.12. The second-order valence-electron chi connectivity index (χ2n) is 5.18. The summed E-state index contributed by atoms with van der Waals surface area (Å²) in [6.07, 6.45) is -4.27. The van der Waals surface area contributed by atoms with Crippen LogP contribution in [0.25, 0.3) is 4.98 Å². The van der Waals surface area contributed by atoms with E-state index in [0.717, 1.165) is 11.6 Å². The molecule has 0 spiro atoms. The molecule has 0 aliphatic rings. The van der Waals surface area contributed by atoms with Gasteiger partial charge in [0.25, 0.3) is 5.63 Å². The Bertz CT molecular complexity index is 782. The first kappa shape index (κ1) is 19.2. The predicted molar refractivity (Wildman–Crippen MR) is 91.1 cm³/mol. The van der Waals surface area contributed by atoms with E-state index in [1.807, 2.05) is 30.3 Å². The summed E-state index contributed by atoms with van der Waals surface area (Å²) < 4.78 is 44.5. The van der Waals surface area contributed by atoms with Gasteiger partial charge in [-0.15, -0.1) is 0 Å². The lowest BCUT2D eigenvalue weighted by Crippen LogP contribution is -2.33. The van der Waals surface area contributed by atoms with E-state index in [-0.39, 0.29) is 16.4 Å². The highest BCUT2D eigenvalue weighted by molar-refractivity contribution is 6.33. The van der Waals surface area contributed by atoms with Gasteiger partial charge in [-0.05, 0) is 11.6 Å². The molecule has 1 atom stereocenters. The van der Waals surface area contributed by atoms with E-state index in [0.29, 0.717) is 6.54 Å². The van der Waals surface area contributed by atoms with Crippen molar-refractivity contribution in [2.45, 2.75) is 18.3 Å². The summed E-state index contributed by atoms with van der Waals surface area (Å²) in [5.41, 5.74) is -2.20. The minimum Gasteiger partial charge on any atom is -0.427 e. The smallest absolute Gasteiger partial charge is 0.427 e. The minimum absolute atomic E-state index is 0.00995. The summed E-state index contributed by atoms with van der Waals surface area (Å²) in [4.78, 5) is 4.47. The number of alkyl halides is 4. The second-order valence-corrected chi connectivity index (χ2v) is 5.97. The maximum atomic E-state index is 13.6. The standard InChI is InChI=1S/C16H13Cl2F3N3O/c1-24(9-10-5-3-2-4-6-10)13-7-11(17)12(23-22)8-14(13)25-16(20,21)15(18)19/h2-8,15H,9H2,1H3/q+1. The number of hydrogen-bond donors (Lipinski definition) is 0. The van der Waals surface area contributed by atoms with E-state index in [4.69, 9.17) is 28.6 Å². The summed E-state index contributed by atoms with van der Waals surface area (Å²) >= 11 is 10.8. The van der Waals surface area contributed by atoms with Gasteiger partial charge in [0.2, 0.25) is 5.39 Å². The number of diazo groups is 1. The Balaban J connectivity index is 2.41. The van der Waals surface area contributed by atoms with Crippen molar-refractivity contribution in [3.05, 3.63) is 58.0 Å². The molecule has 0 N–H and O–H groups in total. The molecule has 2 rings (SSSR count). The van der Waals surface area contributed by atoms with Crippen LogP contribution in [0.5, 0.6) is 5.75 Å². The zero-order valence-electron chi connectivity index (χ0n) is 13.0. The van der Waals surface area contributed by atoms with Gasteiger partial charge in [-0.25, -0.2) is 4.39 Å². The number of nitrogens with zero attached hydrogens (tertiary/aromatic N) is 3. The quantitative estimate of drug-likeness (QED) is 0.450. The number of rotatable bonds is 6. The lowest BCUT2D eigenvalue weighted by Gasteiger charge is -2.25. The molecule has 0 heterocycles. The van der Waals surface area contributed by atoms with Crippen LogP contribution < -0.4 is 9.64 Å². The molecule has 0 radical (unpaired) electrons. The largest absolute Gasteiger partial charge is 0.444 e. The Morgan fingerprint density at radius 3 is 2.48 bits per heavy atom. The molecule has 0 aromatic heterocycles. The third kappa shape index (κ3) is 4.68. The lowest BCUT2D eigenvalue weighted by atomic mass is 10.2. The third-order valence-corrected chi connectivity index (χ3v) is 3.87. The van der Waals surface area contributed by atoms with E-state index in [9.17, 15) is 13.2 Å². The van der Waals surface area contributed by atoms with E-state index in [2.05, 4.69) is 9.71 Å². The molecule has 0 bridgehead atoms.